The Morgan fingerprint density at radius 1 is 1.40 bits per heavy atom. The van der Waals surface area contributed by atoms with Gasteiger partial charge in [-0.15, -0.1) is 0 Å². The van der Waals surface area contributed by atoms with Crippen LogP contribution in [0.15, 0.2) is 6.07 Å². The smallest absolute Gasteiger partial charge is 0.272 e. The summed E-state index contributed by atoms with van der Waals surface area (Å²) in [6.45, 7) is 8.68. The van der Waals surface area contributed by atoms with E-state index in [0.29, 0.717) is 17.4 Å². The minimum absolute atomic E-state index is 0.0296. The van der Waals surface area contributed by atoms with Crippen LogP contribution in [0.2, 0.25) is 0 Å². The Hall–Kier alpha value is -1.65. The number of carbonyl (C=O) groups excluding carboxylic acids is 1. The Bertz CT molecular complexity index is 467. The van der Waals surface area contributed by atoms with Crippen LogP contribution < -0.4 is 5.32 Å². The van der Waals surface area contributed by atoms with Crippen LogP contribution in [0.5, 0.6) is 0 Å². The van der Waals surface area contributed by atoms with Gasteiger partial charge in [0.1, 0.15) is 17.3 Å². The molecule has 5 heteroatoms. The highest BCUT2D eigenvalue weighted by molar-refractivity contribution is 5.93. The Balaban J connectivity index is 2.10. The van der Waals surface area contributed by atoms with Crippen molar-refractivity contribution in [2.45, 2.75) is 40.0 Å². The van der Waals surface area contributed by atoms with Crippen LogP contribution in [-0.4, -0.2) is 40.4 Å². The van der Waals surface area contributed by atoms with E-state index in [1.807, 2.05) is 11.8 Å². The van der Waals surface area contributed by atoms with Crippen molar-refractivity contribution >= 4 is 11.7 Å². The molecule has 2 heterocycles. The summed E-state index contributed by atoms with van der Waals surface area (Å²) in [5, 5.41) is 3.22. The zero-order chi connectivity index (χ0) is 14.5. The Kier molecular flexibility index (Phi) is 4.93. The fourth-order valence-electron chi connectivity index (χ4n) is 2.39. The first-order chi connectivity index (χ1) is 9.60. The van der Waals surface area contributed by atoms with E-state index >= 15 is 0 Å². The molecule has 0 bridgehead atoms. The van der Waals surface area contributed by atoms with E-state index in [9.17, 15) is 4.79 Å². The molecular weight excluding hydrogens is 252 g/mol. The predicted molar refractivity (Wildman–Crippen MR) is 79.9 cm³/mol. The maximum Gasteiger partial charge on any atom is 0.272 e. The van der Waals surface area contributed by atoms with Crippen LogP contribution >= 0.6 is 0 Å². The van der Waals surface area contributed by atoms with Gasteiger partial charge in [0.2, 0.25) is 0 Å². The van der Waals surface area contributed by atoms with Crippen molar-refractivity contribution in [3.05, 3.63) is 17.6 Å². The minimum Gasteiger partial charge on any atom is -0.370 e. The van der Waals surface area contributed by atoms with Gasteiger partial charge in [-0.1, -0.05) is 13.8 Å². The summed E-state index contributed by atoms with van der Waals surface area (Å²) >= 11 is 0. The summed E-state index contributed by atoms with van der Waals surface area (Å²) in [4.78, 5) is 23.0. The number of anilines is 1. The predicted octanol–water partition coefficient (Wildman–Crippen LogP) is 2.48. The lowest BCUT2D eigenvalue weighted by Gasteiger charge is -2.30. The van der Waals surface area contributed by atoms with E-state index < -0.39 is 0 Å². The summed E-state index contributed by atoms with van der Waals surface area (Å²) in [7, 11) is 0. The number of aryl methyl sites for hydroxylation is 1. The standard InChI is InChI=1S/C15H24N4O/c1-4-7-16-14-10-13(17-12(3)18-14)15(20)19-8-5-11(2)6-9-19/h10-11H,4-9H2,1-3H3,(H,16,17,18). The van der Waals surface area contributed by atoms with E-state index in [4.69, 9.17) is 0 Å². The largest absolute Gasteiger partial charge is 0.370 e. The van der Waals surface area contributed by atoms with Gasteiger partial charge in [0.15, 0.2) is 0 Å². The molecule has 0 radical (unpaired) electrons. The minimum atomic E-state index is 0.0296. The quantitative estimate of drug-likeness (QED) is 0.918. The lowest BCUT2D eigenvalue weighted by molar-refractivity contribution is 0.0691. The van der Waals surface area contributed by atoms with Crippen LogP contribution in [-0.2, 0) is 0 Å². The summed E-state index contributed by atoms with van der Waals surface area (Å²) in [5.41, 5.74) is 0.505. The highest BCUT2D eigenvalue weighted by Crippen LogP contribution is 2.18. The van der Waals surface area contributed by atoms with Gasteiger partial charge in [-0.05, 0) is 32.1 Å². The van der Waals surface area contributed by atoms with Gasteiger partial charge in [-0.3, -0.25) is 4.79 Å². The molecule has 5 nitrogen and oxygen atoms in total. The first-order valence-electron chi connectivity index (χ1n) is 7.49. The van der Waals surface area contributed by atoms with Gasteiger partial charge in [0, 0.05) is 25.7 Å². The summed E-state index contributed by atoms with van der Waals surface area (Å²) in [6, 6.07) is 1.77. The molecule has 0 spiro atoms. The Morgan fingerprint density at radius 3 is 2.75 bits per heavy atom. The molecule has 1 aromatic heterocycles. The highest BCUT2D eigenvalue weighted by Gasteiger charge is 2.22. The number of likely N-dealkylation sites (tertiary alicyclic amines) is 1. The van der Waals surface area contributed by atoms with E-state index in [1.54, 1.807) is 6.07 Å². The number of nitrogens with zero attached hydrogens (tertiary/aromatic N) is 3. The molecule has 0 aromatic carbocycles. The molecule has 1 aromatic rings. The summed E-state index contributed by atoms with van der Waals surface area (Å²) < 4.78 is 0. The maximum absolute atomic E-state index is 12.5. The first kappa shape index (κ1) is 14.8. The SMILES string of the molecule is CCCNc1cc(C(=O)N2CCC(C)CC2)nc(C)n1. The van der Waals surface area contributed by atoms with Gasteiger partial charge in [-0.2, -0.15) is 0 Å². The maximum atomic E-state index is 12.5. The number of hydrogen-bond donors (Lipinski definition) is 1. The van der Waals surface area contributed by atoms with Gasteiger partial charge >= 0.3 is 0 Å². The third kappa shape index (κ3) is 3.68. The zero-order valence-corrected chi connectivity index (χ0v) is 12.6. The number of rotatable bonds is 4. The molecule has 0 aliphatic carbocycles. The molecule has 1 fully saturated rings. The lowest BCUT2D eigenvalue weighted by atomic mass is 9.99. The zero-order valence-electron chi connectivity index (χ0n) is 12.6. The summed E-state index contributed by atoms with van der Waals surface area (Å²) in [6.07, 6.45) is 3.18. The van der Waals surface area contributed by atoms with Crippen LogP contribution in [0, 0.1) is 12.8 Å². The first-order valence-corrected chi connectivity index (χ1v) is 7.49. The number of amides is 1. The molecule has 1 aliphatic heterocycles. The van der Waals surface area contributed by atoms with Crippen molar-refractivity contribution in [3.8, 4) is 0 Å². The summed E-state index contributed by atoms with van der Waals surface area (Å²) in [5.74, 6) is 2.13. The van der Waals surface area contributed by atoms with E-state index in [1.165, 1.54) is 0 Å². The van der Waals surface area contributed by atoms with Crippen molar-refractivity contribution < 1.29 is 4.79 Å². The fraction of sp³-hybridized carbons (Fsp3) is 0.667. The molecule has 1 N–H and O–H groups in total. The Morgan fingerprint density at radius 2 is 2.10 bits per heavy atom. The second-order valence-corrected chi connectivity index (χ2v) is 5.59. The second kappa shape index (κ2) is 6.68. The Labute approximate surface area is 120 Å². The molecule has 1 aliphatic rings. The van der Waals surface area contributed by atoms with Gasteiger partial charge in [0.25, 0.3) is 5.91 Å². The monoisotopic (exact) mass is 276 g/mol. The number of carbonyl (C=O) groups is 1. The average molecular weight is 276 g/mol. The molecule has 20 heavy (non-hydrogen) atoms. The van der Waals surface area contributed by atoms with Crippen LogP contribution in [0.3, 0.4) is 0 Å². The van der Waals surface area contributed by atoms with Crippen molar-refractivity contribution in [3.63, 3.8) is 0 Å². The molecular formula is C15H24N4O. The normalized spacial score (nSPS) is 16.2. The highest BCUT2D eigenvalue weighted by atomic mass is 16.2. The van der Waals surface area contributed by atoms with Gasteiger partial charge in [-0.25, -0.2) is 9.97 Å². The average Bonchev–Trinajstić information content (AvgIpc) is 2.44. The number of piperidine rings is 1. The van der Waals surface area contributed by atoms with Crippen LogP contribution in [0.4, 0.5) is 5.82 Å². The van der Waals surface area contributed by atoms with E-state index in [2.05, 4.69) is 29.1 Å². The molecule has 1 saturated heterocycles. The van der Waals surface area contributed by atoms with E-state index in [0.717, 1.165) is 44.7 Å². The van der Waals surface area contributed by atoms with E-state index in [-0.39, 0.29) is 5.91 Å². The third-order valence-corrected chi connectivity index (χ3v) is 3.68. The number of hydrogen-bond acceptors (Lipinski definition) is 4. The van der Waals surface area contributed by atoms with Crippen molar-refractivity contribution in [2.75, 3.05) is 25.0 Å². The lowest BCUT2D eigenvalue weighted by Crippen LogP contribution is -2.38. The van der Waals surface area contributed by atoms with Gasteiger partial charge in [0.05, 0.1) is 0 Å². The third-order valence-electron chi connectivity index (χ3n) is 3.68. The number of nitrogens with one attached hydrogen (secondary N) is 1. The second-order valence-electron chi connectivity index (χ2n) is 5.59. The molecule has 0 unspecified atom stereocenters. The van der Waals surface area contributed by atoms with Crippen molar-refractivity contribution in [2.24, 2.45) is 5.92 Å². The molecule has 0 atom stereocenters. The molecule has 1 amide bonds. The molecule has 0 saturated carbocycles. The topological polar surface area (TPSA) is 58.1 Å². The van der Waals surface area contributed by atoms with Crippen LogP contribution in [0.25, 0.3) is 0 Å². The number of aromatic nitrogens is 2. The van der Waals surface area contributed by atoms with Crippen LogP contribution in [0.1, 0.15) is 49.4 Å². The fourth-order valence-corrected chi connectivity index (χ4v) is 2.39. The van der Waals surface area contributed by atoms with Gasteiger partial charge < -0.3 is 10.2 Å². The molecule has 2 rings (SSSR count). The van der Waals surface area contributed by atoms with Crippen molar-refractivity contribution in [1.29, 1.82) is 0 Å². The molecule has 110 valence electrons. The van der Waals surface area contributed by atoms with Crippen molar-refractivity contribution in [1.82, 2.24) is 14.9 Å².